The summed E-state index contributed by atoms with van der Waals surface area (Å²) in [7, 11) is 0. The van der Waals surface area contributed by atoms with Crippen LogP contribution in [-0.2, 0) is 11.2 Å². The van der Waals surface area contributed by atoms with Gasteiger partial charge in [-0.1, -0.05) is 59.9 Å². The smallest absolute Gasteiger partial charge is 0.307 e. The van der Waals surface area contributed by atoms with Gasteiger partial charge in [0.15, 0.2) is 0 Å². The molecular formula is C19H18O2. The van der Waals surface area contributed by atoms with Gasteiger partial charge in [-0.2, -0.15) is 0 Å². The van der Waals surface area contributed by atoms with Crippen LogP contribution in [0.4, 0.5) is 0 Å². The summed E-state index contributed by atoms with van der Waals surface area (Å²) in [6, 6.07) is 17.6. The summed E-state index contributed by atoms with van der Waals surface area (Å²) in [5, 5.41) is 9.33. The van der Waals surface area contributed by atoms with Gasteiger partial charge >= 0.3 is 5.97 Å². The van der Waals surface area contributed by atoms with Crippen molar-refractivity contribution in [2.45, 2.75) is 19.8 Å². The number of hydrogen-bond acceptors (Lipinski definition) is 1. The molecule has 2 heteroatoms. The third-order valence-electron chi connectivity index (χ3n) is 3.27. The van der Waals surface area contributed by atoms with Crippen LogP contribution in [0.15, 0.2) is 54.6 Å². The third-order valence-corrected chi connectivity index (χ3v) is 3.27. The SMILES string of the molecule is Cc1cccc(CC(CC#Cc2ccccc2)C(=O)O)c1. The monoisotopic (exact) mass is 278 g/mol. The zero-order valence-electron chi connectivity index (χ0n) is 12.0. The van der Waals surface area contributed by atoms with Gasteiger partial charge in [0.1, 0.15) is 0 Å². The van der Waals surface area contributed by atoms with Gasteiger partial charge in [-0.15, -0.1) is 0 Å². The van der Waals surface area contributed by atoms with E-state index in [1.807, 2.05) is 61.5 Å². The quantitative estimate of drug-likeness (QED) is 0.866. The van der Waals surface area contributed by atoms with E-state index in [0.717, 1.165) is 16.7 Å². The molecule has 0 bridgehead atoms. The average molecular weight is 278 g/mol. The van der Waals surface area contributed by atoms with Crippen LogP contribution in [0, 0.1) is 24.7 Å². The summed E-state index contributed by atoms with van der Waals surface area (Å²) in [5.41, 5.74) is 3.10. The number of aryl methyl sites for hydroxylation is 1. The van der Waals surface area contributed by atoms with Gasteiger partial charge in [0.25, 0.3) is 0 Å². The number of carbonyl (C=O) groups is 1. The van der Waals surface area contributed by atoms with Gasteiger partial charge < -0.3 is 5.11 Å². The molecule has 0 spiro atoms. The van der Waals surface area contributed by atoms with Crippen LogP contribution in [0.25, 0.3) is 0 Å². The second kappa shape index (κ2) is 7.31. The lowest BCUT2D eigenvalue weighted by molar-refractivity contribution is -0.141. The van der Waals surface area contributed by atoms with Gasteiger partial charge in [0, 0.05) is 12.0 Å². The van der Waals surface area contributed by atoms with E-state index in [1.54, 1.807) is 0 Å². The van der Waals surface area contributed by atoms with Crippen LogP contribution in [0.1, 0.15) is 23.1 Å². The molecule has 0 aliphatic rings. The maximum atomic E-state index is 11.4. The first kappa shape index (κ1) is 14.9. The highest BCUT2D eigenvalue weighted by Crippen LogP contribution is 2.14. The molecule has 2 aromatic rings. The number of hydrogen-bond donors (Lipinski definition) is 1. The molecular weight excluding hydrogens is 260 g/mol. The second-order valence-electron chi connectivity index (χ2n) is 5.10. The Morgan fingerprint density at radius 2 is 1.90 bits per heavy atom. The second-order valence-corrected chi connectivity index (χ2v) is 5.10. The molecule has 1 N–H and O–H groups in total. The van der Waals surface area contributed by atoms with Crippen LogP contribution in [0.3, 0.4) is 0 Å². The van der Waals surface area contributed by atoms with Crippen molar-refractivity contribution in [1.82, 2.24) is 0 Å². The van der Waals surface area contributed by atoms with E-state index in [1.165, 1.54) is 0 Å². The molecule has 0 amide bonds. The zero-order chi connectivity index (χ0) is 15.1. The van der Waals surface area contributed by atoms with E-state index in [2.05, 4.69) is 11.8 Å². The van der Waals surface area contributed by atoms with Gasteiger partial charge in [-0.3, -0.25) is 4.79 Å². The van der Waals surface area contributed by atoms with E-state index >= 15 is 0 Å². The molecule has 1 unspecified atom stereocenters. The topological polar surface area (TPSA) is 37.3 Å². The molecule has 0 aliphatic heterocycles. The molecule has 0 aliphatic carbocycles. The Morgan fingerprint density at radius 3 is 2.57 bits per heavy atom. The first-order valence-corrected chi connectivity index (χ1v) is 6.97. The summed E-state index contributed by atoms with van der Waals surface area (Å²) < 4.78 is 0. The summed E-state index contributed by atoms with van der Waals surface area (Å²) in [6.45, 7) is 2.01. The Balaban J connectivity index is 2.03. The zero-order valence-corrected chi connectivity index (χ0v) is 12.0. The standard InChI is InChI=1S/C19H18O2/c1-15-7-5-11-17(13-15)14-18(19(20)21)12-6-10-16-8-3-2-4-9-16/h2-5,7-9,11,13,18H,12,14H2,1H3,(H,20,21). The minimum atomic E-state index is -0.793. The number of rotatable bonds is 4. The normalized spacial score (nSPS) is 11.3. The molecule has 0 saturated carbocycles. The van der Waals surface area contributed by atoms with Gasteiger partial charge in [0.2, 0.25) is 0 Å². The largest absolute Gasteiger partial charge is 0.481 e. The highest BCUT2D eigenvalue weighted by atomic mass is 16.4. The Kier molecular flexibility index (Phi) is 5.17. The van der Waals surface area contributed by atoms with Crippen molar-refractivity contribution in [2.75, 3.05) is 0 Å². The van der Waals surface area contributed by atoms with Crippen LogP contribution >= 0.6 is 0 Å². The van der Waals surface area contributed by atoms with Gasteiger partial charge in [-0.05, 0) is 31.0 Å². The highest BCUT2D eigenvalue weighted by molar-refractivity contribution is 5.71. The Hall–Kier alpha value is -2.53. The summed E-state index contributed by atoms with van der Waals surface area (Å²) in [6.07, 6.45) is 0.874. The van der Waals surface area contributed by atoms with E-state index < -0.39 is 11.9 Å². The van der Waals surface area contributed by atoms with Crippen molar-refractivity contribution < 1.29 is 9.90 Å². The predicted molar refractivity (Wildman–Crippen MR) is 83.9 cm³/mol. The molecule has 0 aromatic heterocycles. The van der Waals surface area contributed by atoms with Crippen molar-refractivity contribution in [3.63, 3.8) is 0 Å². The maximum Gasteiger partial charge on any atom is 0.307 e. The lowest BCUT2D eigenvalue weighted by Crippen LogP contribution is -2.15. The Bertz CT molecular complexity index is 663. The van der Waals surface area contributed by atoms with Gasteiger partial charge in [-0.25, -0.2) is 0 Å². The molecule has 106 valence electrons. The minimum Gasteiger partial charge on any atom is -0.481 e. The summed E-state index contributed by atoms with van der Waals surface area (Å²) in [5.74, 6) is 4.74. The molecule has 0 heterocycles. The highest BCUT2D eigenvalue weighted by Gasteiger charge is 2.16. The van der Waals surface area contributed by atoms with Gasteiger partial charge in [0.05, 0.1) is 5.92 Å². The van der Waals surface area contributed by atoms with E-state index in [9.17, 15) is 9.90 Å². The molecule has 0 saturated heterocycles. The van der Waals surface area contributed by atoms with E-state index in [-0.39, 0.29) is 0 Å². The average Bonchev–Trinajstić information content (AvgIpc) is 2.47. The van der Waals surface area contributed by atoms with Crippen LogP contribution < -0.4 is 0 Å². The third kappa shape index (κ3) is 4.81. The van der Waals surface area contributed by atoms with Crippen LogP contribution in [0.5, 0.6) is 0 Å². The van der Waals surface area contributed by atoms with Crippen molar-refractivity contribution in [3.8, 4) is 11.8 Å². The predicted octanol–water partition coefficient (Wildman–Crippen LogP) is 3.68. The lowest BCUT2D eigenvalue weighted by Gasteiger charge is -2.09. The Labute approximate surface area is 125 Å². The summed E-state index contributed by atoms with van der Waals surface area (Å²) in [4.78, 5) is 11.4. The number of benzene rings is 2. The molecule has 0 fully saturated rings. The van der Waals surface area contributed by atoms with Crippen LogP contribution in [-0.4, -0.2) is 11.1 Å². The van der Waals surface area contributed by atoms with Crippen molar-refractivity contribution in [2.24, 2.45) is 5.92 Å². The molecule has 0 radical (unpaired) electrons. The molecule has 1 atom stereocenters. The van der Waals surface area contributed by atoms with Crippen molar-refractivity contribution in [1.29, 1.82) is 0 Å². The molecule has 2 aromatic carbocycles. The fourth-order valence-corrected chi connectivity index (χ4v) is 2.17. The minimum absolute atomic E-state index is 0.359. The molecule has 2 nitrogen and oxygen atoms in total. The number of aliphatic carboxylic acids is 1. The first-order valence-electron chi connectivity index (χ1n) is 6.97. The molecule has 2 rings (SSSR count). The fourth-order valence-electron chi connectivity index (χ4n) is 2.17. The summed E-state index contributed by atoms with van der Waals surface area (Å²) >= 11 is 0. The van der Waals surface area contributed by atoms with E-state index in [4.69, 9.17) is 0 Å². The molecule has 21 heavy (non-hydrogen) atoms. The first-order chi connectivity index (χ1) is 10.1. The van der Waals surface area contributed by atoms with Crippen molar-refractivity contribution in [3.05, 3.63) is 71.3 Å². The number of carboxylic acid groups (broad SMARTS) is 1. The number of carboxylic acids is 1. The van der Waals surface area contributed by atoms with Crippen LogP contribution in [0.2, 0.25) is 0 Å². The fraction of sp³-hybridized carbons (Fsp3) is 0.211. The van der Waals surface area contributed by atoms with Crippen molar-refractivity contribution >= 4 is 5.97 Å². The maximum absolute atomic E-state index is 11.4. The van der Waals surface area contributed by atoms with E-state index in [0.29, 0.717) is 12.8 Å². The lowest BCUT2D eigenvalue weighted by atomic mass is 9.95. The Morgan fingerprint density at radius 1 is 1.14 bits per heavy atom.